The topological polar surface area (TPSA) is 129 Å². The Bertz CT molecular complexity index is 787. The van der Waals surface area contributed by atoms with Gasteiger partial charge in [0.1, 0.15) is 23.5 Å². The van der Waals surface area contributed by atoms with Crippen molar-refractivity contribution in [3.63, 3.8) is 0 Å². The first-order valence-electron chi connectivity index (χ1n) is 6.85. The van der Waals surface area contributed by atoms with Crippen molar-refractivity contribution in [2.75, 3.05) is 19.5 Å². The number of hydrogen-bond donors (Lipinski definition) is 3. The fraction of sp³-hybridized carbons (Fsp3) is 0.500. The fourth-order valence-corrected chi connectivity index (χ4v) is 2.87. The Kier molecular flexibility index (Phi) is 3.50. The summed E-state index contributed by atoms with van der Waals surface area (Å²) >= 11 is 0. The van der Waals surface area contributed by atoms with E-state index in [0.717, 1.165) is 0 Å². The van der Waals surface area contributed by atoms with Gasteiger partial charge in [-0.1, -0.05) is 5.92 Å². The Morgan fingerprint density at radius 2 is 2.26 bits per heavy atom. The molecule has 0 saturated carbocycles. The molecule has 9 nitrogen and oxygen atoms in total. The van der Waals surface area contributed by atoms with E-state index in [0.29, 0.717) is 11.2 Å². The van der Waals surface area contributed by atoms with Crippen molar-refractivity contribution in [1.29, 1.82) is 0 Å². The van der Waals surface area contributed by atoms with Crippen LogP contribution in [0.3, 0.4) is 0 Å². The fourth-order valence-electron chi connectivity index (χ4n) is 2.87. The highest BCUT2D eigenvalue weighted by Gasteiger charge is 2.61. The maximum absolute atomic E-state index is 10.8. The monoisotopic (exact) mass is 319 g/mol. The van der Waals surface area contributed by atoms with Gasteiger partial charge in [-0.05, 0) is 6.92 Å². The van der Waals surface area contributed by atoms with Gasteiger partial charge in [0.15, 0.2) is 23.3 Å². The number of nitrogen functional groups attached to an aromatic ring is 1. The van der Waals surface area contributed by atoms with Crippen LogP contribution in [0.15, 0.2) is 12.7 Å². The average Bonchev–Trinajstić information content (AvgIpc) is 3.03. The summed E-state index contributed by atoms with van der Waals surface area (Å²) in [5.41, 5.74) is 3.26. The lowest BCUT2D eigenvalue weighted by Gasteiger charge is -2.28. The minimum Gasteiger partial charge on any atom is -0.386 e. The third kappa shape index (κ3) is 2.08. The number of nitrogens with two attached hydrogens (primary N) is 1. The van der Waals surface area contributed by atoms with E-state index in [-0.39, 0.29) is 12.4 Å². The van der Waals surface area contributed by atoms with Crippen LogP contribution in [0.2, 0.25) is 0 Å². The number of fused-ring (bicyclic) bond motifs is 1. The van der Waals surface area contributed by atoms with Crippen molar-refractivity contribution in [2.24, 2.45) is 0 Å². The lowest BCUT2D eigenvalue weighted by Crippen LogP contribution is -2.50. The van der Waals surface area contributed by atoms with Crippen LogP contribution >= 0.6 is 0 Å². The van der Waals surface area contributed by atoms with Gasteiger partial charge in [-0.3, -0.25) is 4.57 Å². The summed E-state index contributed by atoms with van der Waals surface area (Å²) in [5, 5.41) is 21.3. The number of rotatable bonds is 3. The number of aromatic nitrogens is 4. The van der Waals surface area contributed by atoms with Crippen molar-refractivity contribution in [3.05, 3.63) is 12.7 Å². The van der Waals surface area contributed by atoms with Gasteiger partial charge in [0, 0.05) is 7.11 Å². The van der Waals surface area contributed by atoms with E-state index in [1.807, 2.05) is 0 Å². The largest absolute Gasteiger partial charge is 0.386 e. The molecule has 0 radical (unpaired) electrons. The number of hydrogen-bond acceptors (Lipinski definition) is 8. The number of aliphatic hydroxyl groups excluding tert-OH is 1. The molecule has 0 bridgehead atoms. The van der Waals surface area contributed by atoms with Gasteiger partial charge >= 0.3 is 0 Å². The molecule has 0 spiro atoms. The number of imidazole rings is 1. The van der Waals surface area contributed by atoms with E-state index in [1.54, 1.807) is 6.92 Å². The molecule has 2 aromatic heterocycles. The van der Waals surface area contributed by atoms with Crippen LogP contribution in [-0.4, -0.2) is 60.8 Å². The number of ether oxygens (including phenoxy) is 2. The Morgan fingerprint density at radius 1 is 1.52 bits per heavy atom. The number of nitrogens with zero attached hydrogens (tertiary/aromatic N) is 4. The van der Waals surface area contributed by atoms with Crippen molar-refractivity contribution in [1.82, 2.24) is 19.5 Å². The maximum atomic E-state index is 10.8. The van der Waals surface area contributed by atoms with Crippen LogP contribution in [0.5, 0.6) is 0 Å². The van der Waals surface area contributed by atoms with Crippen molar-refractivity contribution in [3.8, 4) is 12.3 Å². The summed E-state index contributed by atoms with van der Waals surface area (Å²) < 4.78 is 12.4. The van der Waals surface area contributed by atoms with Gasteiger partial charge in [0.25, 0.3) is 0 Å². The van der Waals surface area contributed by atoms with E-state index in [1.165, 1.54) is 24.3 Å². The van der Waals surface area contributed by atoms with Gasteiger partial charge in [-0.15, -0.1) is 6.42 Å². The minimum atomic E-state index is -1.99. The summed E-state index contributed by atoms with van der Waals surface area (Å²) in [5.74, 6) is 2.41. The van der Waals surface area contributed by atoms with Gasteiger partial charge < -0.3 is 25.4 Å². The third-order valence-electron chi connectivity index (χ3n) is 4.05. The molecule has 0 aliphatic carbocycles. The molecule has 0 amide bonds. The first-order valence-corrected chi connectivity index (χ1v) is 6.85. The predicted octanol–water partition coefficient (Wildman–Crippen LogP) is -0.932. The number of terminal acetylenes is 1. The van der Waals surface area contributed by atoms with Gasteiger partial charge in [0.05, 0.1) is 12.9 Å². The van der Waals surface area contributed by atoms with Crippen LogP contribution in [0.25, 0.3) is 11.2 Å². The zero-order valence-corrected chi connectivity index (χ0v) is 12.7. The minimum absolute atomic E-state index is 0.0401. The SMILES string of the molecule is C#C[C@]1(O)[C@H](n2cnc3c(N)ncnc32)O[C@](C)(COC)[C@H]1O. The van der Waals surface area contributed by atoms with Crippen LogP contribution < -0.4 is 5.73 Å². The van der Waals surface area contributed by atoms with E-state index in [9.17, 15) is 10.2 Å². The lowest BCUT2D eigenvalue weighted by atomic mass is 9.88. The predicted molar refractivity (Wildman–Crippen MR) is 79.9 cm³/mol. The number of anilines is 1. The Labute approximate surface area is 132 Å². The quantitative estimate of drug-likeness (QED) is 0.619. The molecule has 2 aromatic rings. The van der Waals surface area contributed by atoms with Crippen molar-refractivity contribution in [2.45, 2.75) is 30.5 Å². The molecule has 0 unspecified atom stereocenters. The second-order valence-corrected chi connectivity index (χ2v) is 5.67. The zero-order chi connectivity index (χ0) is 16.8. The summed E-state index contributed by atoms with van der Waals surface area (Å²) in [7, 11) is 1.46. The molecule has 0 aromatic carbocycles. The molecule has 4 atom stereocenters. The molecule has 1 aliphatic rings. The molecule has 122 valence electrons. The first-order chi connectivity index (χ1) is 10.9. The lowest BCUT2D eigenvalue weighted by molar-refractivity contribution is -0.123. The summed E-state index contributed by atoms with van der Waals surface area (Å²) in [6.07, 6.45) is 5.64. The number of methoxy groups -OCH3 is 1. The van der Waals surface area contributed by atoms with Gasteiger partial charge in [0.2, 0.25) is 0 Å². The Balaban J connectivity index is 2.14. The Morgan fingerprint density at radius 3 is 2.91 bits per heavy atom. The molecule has 3 rings (SSSR count). The normalized spacial score (nSPS) is 33.9. The van der Waals surface area contributed by atoms with Crippen LogP contribution in [0.1, 0.15) is 13.2 Å². The highest BCUT2D eigenvalue weighted by molar-refractivity contribution is 5.81. The molecule has 4 N–H and O–H groups in total. The van der Waals surface area contributed by atoms with E-state index < -0.39 is 23.5 Å². The number of aliphatic hydroxyl groups is 2. The molecular weight excluding hydrogens is 302 g/mol. The standard InChI is InChI=1S/C14H17N5O4/c1-4-14(21)11(20)13(2,5-22-3)23-12(14)19-7-18-8-9(15)16-6-17-10(8)19/h1,6-7,11-12,20-21H,5H2,2-3H3,(H2,15,16,17)/t11-,12-,13-,14-/m1/s1. The first kappa shape index (κ1) is 15.6. The smallest absolute Gasteiger partial charge is 0.199 e. The molecule has 23 heavy (non-hydrogen) atoms. The van der Waals surface area contributed by atoms with Crippen LogP contribution in [0, 0.1) is 12.3 Å². The van der Waals surface area contributed by atoms with Crippen LogP contribution in [0.4, 0.5) is 5.82 Å². The average molecular weight is 319 g/mol. The summed E-state index contributed by atoms with van der Waals surface area (Å²) in [6.45, 7) is 1.64. The third-order valence-corrected chi connectivity index (χ3v) is 4.05. The van der Waals surface area contributed by atoms with Crippen LogP contribution in [-0.2, 0) is 9.47 Å². The molecular formula is C14H17N5O4. The summed E-state index contributed by atoms with van der Waals surface area (Å²) in [4.78, 5) is 12.1. The zero-order valence-electron chi connectivity index (χ0n) is 12.7. The molecule has 1 fully saturated rings. The second-order valence-electron chi connectivity index (χ2n) is 5.67. The molecule has 9 heteroatoms. The second kappa shape index (κ2) is 5.14. The van der Waals surface area contributed by atoms with Gasteiger partial charge in [-0.25, -0.2) is 15.0 Å². The molecule has 1 aliphatic heterocycles. The molecule has 3 heterocycles. The van der Waals surface area contributed by atoms with Gasteiger partial charge in [-0.2, -0.15) is 0 Å². The molecule has 1 saturated heterocycles. The van der Waals surface area contributed by atoms with E-state index >= 15 is 0 Å². The van der Waals surface area contributed by atoms with Crippen molar-refractivity contribution >= 4 is 17.0 Å². The van der Waals surface area contributed by atoms with E-state index in [4.69, 9.17) is 21.6 Å². The highest BCUT2D eigenvalue weighted by Crippen LogP contribution is 2.45. The van der Waals surface area contributed by atoms with Crippen molar-refractivity contribution < 1.29 is 19.7 Å². The Hall–Kier alpha value is -2.25. The highest BCUT2D eigenvalue weighted by atomic mass is 16.6. The summed E-state index contributed by atoms with van der Waals surface area (Å²) in [6, 6.07) is 0. The maximum Gasteiger partial charge on any atom is 0.199 e. The van der Waals surface area contributed by atoms with E-state index in [2.05, 4.69) is 20.9 Å².